The molecular weight excluding hydrogens is 374 g/mol. The van der Waals surface area contributed by atoms with E-state index in [0.29, 0.717) is 25.7 Å². The van der Waals surface area contributed by atoms with E-state index in [1.54, 1.807) is 0 Å². The smallest absolute Gasteiger partial charge is 0.408 e. The fourth-order valence-electron chi connectivity index (χ4n) is 2.69. The largest absolute Gasteiger partial charge is 0.480 e. The number of hydrogen-bond acceptors (Lipinski definition) is 5. The maximum absolute atomic E-state index is 12.6. The number of carbonyl (C=O) groups is 3. The van der Waals surface area contributed by atoms with Gasteiger partial charge in [0.25, 0.3) is 0 Å². The van der Waals surface area contributed by atoms with Gasteiger partial charge in [0.2, 0.25) is 5.91 Å². The quantitative estimate of drug-likeness (QED) is 0.460. The van der Waals surface area contributed by atoms with Crippen molar-refractivity contribution in [1.82, 2.24) is 10.6 Å². The molecule has 1 aromatic rings. The molecule has 0 radical (unpaired) electrons. The summed E-state index contributed by atoms with van der Waals surface area (Å²) >= 11 is 0. The minimum Gasteiger partial charge on any atom is -0.480 e. The van der Waals surface area contributed by atoms with Crippen molar-refractivity contribution in [2.24, 2.45) is 5.92 Å². The summed E-state index contributed by atoms with van der Waals surface area (Å²) in [7, 11) is 0. The predicted octanol–water partition coefficient (Wildman–Crippen LogP) is 2.98. The van der Waals surface area contributed by atoms with Crippen molar-refractivity contribution >= 4 is 18.0 Å². The van der Waals surface area contributed by atoms with Gasteiger partial charge < -0.3 is 20.5 Å². The molecule has 0 saturated heterocycles. The number of nitrogens with zero attached hydrogens (tertiary/aromatic N) is 1. The highest BCUT2D eigenvalue weighted by atomic mass is 16.5. The van der Waals surface area contributed by atoms with Crippen LogP contribution in [0.15, 0.2) is 30.3 Å². The number of unbranched alkanes of at least 4 members (excludes halogenated alkanes) is 2. The maximum atomic E-state index is 12.6. The molecule has 1 rings (SSSR count). The summed E-state index contributed by atoms with van der Waals surface area (Å²) in [6, 6.07) is 9.16. The van der Waals surface area contributed by atoms with Crippen molar-refractivity contribution in [1.29, 1.82) is 5.26 Å². The topological polar surface area (TPSA) is 129 Å². The lowest BCUT2D eigenvalue weighted by Crippen LogP contribution is -2.52. The molecule has 0 spiro atoms. The van der Waals surface area contributed by atoms with Gasteiger partial charge in [-0.05, 0) is 37.2 Å². The van der Waals surface area contributed by atoms with E-state index in [4.69, 9.17) is 10.00 Å². The molecule has 0 aliphatic carbocycles. The number of carbonyl (C=O) groups excluding carboxylic acids is 2. The van der Waals surface area contributed by atoms with Gasteiger partial charge in [0.15, 0.2) is 0 Å². The molecule has 0 unspecified atom stereocenters. The zero-order valence-corrected chi connectivity index (χ0v) is 16.9. The van der Waals surface area contributed by atoms with E-state index in [-0.39, 0.29) is 18.9 Å². The molecule has 0 aliphatic rings. The zero-order valence-electron chi connectivity index (χ0n) is 16.9. The second-order valence-electron chi connectivity index (χ2n) is 7.19. The number of carboxylic acid groups (broad SMARTS) is 1. The van der Waals surface area contributed by atoms with Gasteiger partial charge in [-0.3, -0.25) is 4.79 Å². The van der Waals surface area contributed by atoms with Gasteiger partial charge in [0.05, 0.1) is 6.07 Å². The number of rotatable bonds is 12. The van der Waals surface area contributed by atoms with Crippen molar-refractivity contribution in [2.75, 3.05) is 0 Å². The minimum absolute atomic E-state index is 0.0688. The highest BCUT2D eigenvalue weighted by Crippen LogP contribution is 2.09. The molecule has 0 aromatic heterocycles. The molecule has 29 heavy (non-hydrogen) atoms. The zero-order chi connectivity index (χ0) is 21.6. The highest BCUT2D eigenvalue weighted by Gasteiger charge is 2.27. The average molecular weight is 403 g/mol. The van der Waals surface area contributed by atoms with E-state index < -0.39 is 30.1 Å². The minimum atomic E-state index is -1.15. The van der Waals surface area contributed by atoms with Gasteiger partial charge in [-0.2, -0.15) is 5.26 Å². The van der Waals surface area contributed by atoms with Crippen LogP contribution in [0.3, 0.4) is 0 Å². The third kappa shape index (κ3) is 10.1. The number of amides is 2. The van der Waals surface area contributed by atoms with Crippen LogP contribution in [0.25, 0.3) is 0 Å². The molecular formula is C21H29N3O5. The summed E-state index contributed by atoms with van der Waals surface area (Å²) in [5, 5.41) is 22.9. The molecule has 0 aliphatic heterocycles. The van der Waals surface area contributed by atoms with E-state index in [1.165, 1.54) is 0 Å². The molecule has 2 amide bonds. The molecule has 0 bridgehead atoms. The summed E-state index contributed by atoms with van der Waals surface area (Å²) in [5.74, 6) is -1.62. The number of nitriles is 1. The Bertz CT molecular complexity index is 700. The third-order valence-corrected chi connectivity index (χ3v) is 4.17. The first-order valence-corrected chi connectivity index (χ1v) is 9.70. The average Bonchev–Trinajstić information content (AvgIpc) is 2.68. The van der Waals surface area contributed by atoms with Crippen LogP contribution >= 0.6 is 0 Å². The first-order chi connectivity index (χ1) is 13.8. The molecule has 8 nitrogen and oxygen atoms in total. The maximum Gasteiger partial charge on any atom is 0.408 e. The van der Waals surface area contributed by atoms with E-state index >= 15 is 0 Å². The van der Waals surface area contributed by atoms with Crippen molar-refractivity contribution in [3.05, 3.63) is 35.9 Å². The Hall–Kier alpha value is -3.08. The fourth-order valence-corrected chi connectivity index (χ4v) is 2.69. The molecule has 8 heteroatoms. The van der Waals surface area contributed by atoms with Gasteiger partial charge in [-0.25, -0.2) is 9.59 Å². The normalized spacial score (nSPS) is 12.5. The van der Waals surface area contributed by atoms with E-state index in [9.17, 15) is 19.5 Å². The lowest BCUT2D eigenvalue weighted by molar-refractivity contribution is -0.142. The number of ether oxygens (including phenoxy) is 1. The number of alkyl carbamates (subject to hydrolysis) is 1. The lowest BCUT2D eigenvalue weighted by atomic mass is 10.0. The highest BCUT2D eigenvalue weighted by molar-refractivity contribution is 5.89. The van der Waals surface area contributed by atoms with Gasteiger partial charge in [-0.15, -0.1) is 0 Å². The van der Waals surface area contributed by atoms with Crippen molar-refractivity contribution in [2.45, 2.75) is 64.6 Å². The van der Waals surface area contributed by atoms with Crippen LogP contribution < -0.4 is 10.6 Å². The lowest BCUT2D eigenvalue weighted by Gasteiger charge is -2.22. The van der Waals surface area contributed by atoms with Crippen LogP contribution in [0, 0.1) is 17.2 Å². The van der Waals surface area contributed by atoms with E-state index in [2.05, 4.69) is 10.6 Å². The second kappa shape index (κ2) is 13.2. The fraction of sp³-hybridized carbons (Fsp3) is 0.524. The molecule has 0 fully saturated rings. The Morgan fingerprint density at radius 2 is 1.79 bits per heavy atom. The second-order valence-corrected chi connectivity index (χ2v) is 7.19. The first-order valence-electron chi connectivity index (χ1n) is 9.70. The number of carboxylic acids is 1. The number of hydrogen-bond donors (Lipinski definition) is 3. The summed E-state index contributed by atoms with van der Waals surface area (Å²) in [6.07, 6.45) is 1.23. The summed E-state index contributed by atoms with van der Waals surface area (Å²) < 4.78 is 5.16. The molecule has 158 valence electrons. The molecule has 3 N–H and O–H groups in total. The van der Waals surface area contributed by atoms with E-state index in [0.717, 1.165) is 5.56 Å². The van der Waals surface area contributed by atoms with Crippen molar-refractivity contribution in [3.8, 4) is 6.07 Å². The van der Waals surface area contributed by atoms with Crippen LogP contribution in [0.4, 0.5) is 4.79 Å². The summed E-state index contributed by atoms with van der Waals surface area (Å²) in [5.41, 5.74) is 0.816. The van der Waals surface area contributed by atoms with Crippen LogP contribution in [-0.2, 0) is 20.9 Å². The Labute approximate surface area is 171 Å². The Kier molecular flexibility index (Phi) is 10.9. The van der Waals surface area contributed by atoms with Crippen molar-refractivity contribution in [3.63, 3.8) is 0 Å². The number of benzene rings is 1. The van der Waals surface area contributed by atoms with Crippen LogP contribution in [0.1, 0.15) is 51.5 Å². The molecule has 0 saturated carbocycles. The Morgan fingerprint density at radius 3 is 2.38 bits per heavy atom. The summed E-state index contributed by atoms with van der Waals surface area (Å²) in [4.78, 5) is 36.1. The number of aliphatic carboxylic acids is 1. The van der Waals surface area contributed by atoms with Gasteiger partial charge in [-0.1, -0.05) is 44.2 Å². The first kappa shape index (κ1) is 24.0. The summed E-state index contributed by atoms with van der Waals surface area (Å²) in [6.45, 7) is 3.86. The standard InChI is InChI=1S/C21H29N3O5/c1-15(2)13-18(24-21(28)29-14-16-9-5-3-6-10-16)19(25)23-17(20(26)27)11-7-4-8-12-22/h3,5-6,9-10,15,17-18H,4,7-8,11,13-14H2,1-2H3,(H,23,25)(H,24,28)(H,26,27)/t17-,18-/m0/s1. The van der Waals surface area contributed by atoms with Crippen LogP contribution in [0.5, 0.6) is 0 Å². The predicted molar refractivity (Wildman–Crippen MR) is 107 cm³/mol. The van der Waals surface area contributed by atoms with Crippen molar-refractivity contribution < 1.29 is 24.2 Å². The Morgan fingerprint density at radius 1 is 1.10 bits per heavy atom. The SMILES string of the molecule is CC(C)C[C@H](NC(=O)OCc1ccccc1)C(=O)N[C@@H](CCCCC#N)C(=O)O. The van der Waals surface area contributed by atoms with Crippen LogP contribution in [0.2, 0.25) is 0 Å². The van der Waals surface area contributed by atoms with E-state index in [1.807, 2.05) is 50.2 Å². The molecule has 1 aromatic carbocycles. The monoisotopic (exact) mass is 403 g/mol. The molecule has 2 atom stereocenters. The number of nitrogens with one attached hydrogen (secondary N) is 2. The van der Waals surface area contributed by atoms with Gasteiger partial charge in [0, 0.05) is 6.42 Å². The third-order valence-electron chi connectivity index (χ3n) is 4.17. The van der Waals surface area contributed by atoms with Gasteiger partial charge in [0.1, 0.15) is 18.7 Å². The molecule has 0 heterocycles. The Balaban J connectivity index is 2.64. The van der Waals surface area contributed by atoms with Gasteiger partial charge >= 0.3 is 12.1 Å². The van der Waals surface area contributed by atoms with Crippen LogP contribution in [-0.4, -0.2) is 35.2 Å².